The first-order valence-corrected chi connectivity index (χ1v) is 5.05. The van der Waals surface area contributed by atoms with Gasteiger partial charge in [-0.25, -0.2) is 4.39 Å². The van der Waals surface area contributed by atoms with Crippen molar-refractivity contribution in [3.8, 4) is 11.1 Å². The molecule has 0 saturated carbocycles. The van der Waals surface area contributed by atoms with Crippen molar-refractivity contribution >= 4 is 23.2 Å². The Morgan fingerprint density at radius 3 is 2.00 bits per heavy atom. The molecule has 2 aromatic carbocycles. The second-order valence-corrected chi connectivity index (χ2v) is 3.85. The van der Waals surface area contributed by atoms with Crippen LogP contribution in [-0.4, -0.2) is 0 Å². The van der Waals surface area contributed by atoms with E-state index in [0.29, 0.717) is 15.6 Å². The van der Waals surface area contributed by atoms with Gasteiger partial charge in [0.2, 0.25) is 0 Å². The van der Waals surface area contributed by atoms with Gasteiger partial charge >= 0.3 is 0 Å². The van der Waals surface area contributed by atoms with E-state index < -0.39 is 0 Å². The van der Waals surface area contributed by atoms with Gasteiger partial charge in [0.25, 0.3) is 0 Å². The Labute approximate surface area is 97.3 Å². The predicted molar refractivity (Wildman–Crippen MR) is 60.7 cm³/mol. The third-order valence-electron chi connectivity index (χ3n) is 2.03. The van der Waals surface area contributed by atoms with Crippen LogP contribution in [0.25, 0.3) is 11.1 Å². The Balaban J connectivity index is 2.58. The topological polar surface area (TPSA) is 0 Å². The molecule has 0 aromatic heterocycles. The highest BCUT2D eigenvalue weighted by atomic mass is 35.5. The summed E-state index contributed by atoms with van der Waals surface area (Å²) in [5, 5.41) is 1.02. The van der Waals surface area contributed by atoms with Gasteiger partial charge in [0.1, 0.15) is 5.82 Å². The molecule has 0 aliphatic heterocycles. The van der Waals surface area contributed by atoms with E-state index in [1.54, 1.807) is 24.3 Å². The largest absolute Gasteiger partial charge is 0.207 e. The van der Waals surface area contributed by atoms with E-state index in [9.17, 15) is 4.39 Å². The molecule has 0 unspecified atom stereocenters. The monoisotopic (exact) mass is 239 g/mol. The quantitative estimate of drug-likeness (QED) is 0.683. The number of rotatable bonds is 1. The summed E-state index contributed by atoms with van der Waals surface area (Å²) < 4.78 is 12.7. The van der Waals surface area contributed by atoms with Crippen LogP contribution in [0.15, 0.2) is 36.4 Å². The molecule has 0 nitrogen and oxygen atoms in total. The average Bonchev–Trinajstić information content (AvgIpc) is 2.20. The van der Waals surface area contributed by atoms with Crippen molar-refractivity contribution in [2.45, 2.75) is 0 Å². The number of halogens is 3. The smallest absolute Gasteiger partial charge is 0.123 e. The zero-order valence-corrected chi connectivity index (χ0v) is 9.11. The van der Waals surface area contributed by atoms with Crippen molar-refractivity contribution in [3.63, 3.8) is 0 Å². The fourth-order valence-electron chi connectivity index (χ4n) is 1.34. The minimum absolute atomic E-state index is 0.284. The molecular weight excluding hydrogens is 234 g/mol. The molecule has 0 atom stereocenters. The lowest BCUT2D eigenvalue weighted by Crippen LogP contribution is -1.82. The number of hydrogen-bond donors (Lipinski definition) is 0. The van der Waals surface area contributed by atoms with Crippen LogP contribution in [0, 0.1) is 11.9 Å². The summed E-state index contributed by atoms with van der Waals surface area (Å²) in [5.41, 5.74) is 1.50. The van der Waals surface area contributed by atoms with Gasteiger partial charge in [-0.3, -0.25) is 0 Å². The molecule has 15 heavy (non-hydrogen) atoms. The molecule has 0 heterocycles. The summed E-state index contributed by atoms with van der Waals surface area (Å²) in [4.78, 5) is 0. The Morgan fingerprint density at radius 1 is 0.933 bits per heavy atom. The van der Waals surface area contributed by atoms with Crippen LogP contribution in [0.2, 0.25) is 10.0 Å². The van der Waals surface area contributed by atoms with E-state index in [2.05, 4.69) is 6.07 Å². The van der Waals surface area contributed by atoms with E-state index in [1.807, 2.05) is 0 Å². The maximum absolute atomic E-state index is 12.7. The van der Waals surface area contributed by atoms with Crippen molar-refractivity contribution in [1.82, 2.24) is 0 Å². The lowest BCUT2D eigenvalue weighted by molar-refractivity contribution is 0.628. The second-order valence-electron chi connectivity index (χ2n) is 3.03. The predicted octanol–water partition coefficient (Wildman–Crippen LogP) is 4.60. The molecule has 2 rings (SSSR count). The summed E-state index contributed by atoms with van der Waals surface area (Å²) in [6.45, 7) is 0. The van der Waals surface area contributed by atoms with E-state index in [1.165, 1.54) is 12.1 Å². The van der Waals surface area contributed by atoms with Crippen molar-refractivity contribution in [2.75, 3.05) is 0 Å². The maximum atomic E-state index is 12.7. The van der Waals surface area contributed by atoms with Gasteiger partial charge in [0.15, 0.2) is 0 Å². The summed E-state index contributed by atoms with van der Waals surface area (Å²) >= 11 is 12.0. The van der Waals surface area contributed by atoms with Crippen LogP contribution < -0.4 is 0 Å². The van der Waals surface area contributed by atoms with Crippen molar-refractivity contribution in [3.05, 3.63) is 58.3 Å². The van der Waals surface area contributed by atoms with Crippen LogP contribution in [0.3, 0.4) is 0 Å². The van der Waals surface area contributed by atoms with Gasteiger partial charge in [0, 0.05) is 5.56 Å². The molecule has 0 fully saturated rings. The van der Waals surface area contributed by atoms with Crippen LogP contribution >= 0.6 is 23.2 Å². The minimum Gasteiger partial charge on any atom is -0.207 e. The second kappa shape index (κ2) is 4.21. The molecular formula is C12H6Cl2F. The first kappa shape index (κ1) is 10.5. The molecule has 0 spiro atoms. The summed E-state index contributed by atoms with van der Waals surface area (Å²) in [6, 6.07) is 12.1. The van der Waals surface area contributed by atoms with Gasteiger partial charge in [0.05, 0.1) is 10.0 Å². The molecule has 0 saturated heterocycles. The highest BCUT2D eigenvalue weighted by molar-refractivity contribution is 6.39. The summed E-state index contributed by atoms with van der Waals surface area (Å²) in [5.74, 6) is -0.284. The lowest BCUT2D eigenvalue weighted by Gasteiger charge is -2.06. The van der Waals surface area contributed by atoms with Gasteiger partial charge in [-0.05, 0) is 35.9 Å². The molecule has 0 aliphatic carbocycles. The van der Waals surface area contributed by atoms with E-state index in [-0.39, 0.29) is 5.82 Å². The Morgan fingerprint density at radius 2 is 1.47 bits per heavy atom. The molecule has 75 valence electrons. The zero-order chi connectivity index (χ0) is 10.8. The summed E-state index contributed by atoms with van der Waals surface area (Å²) in [7, 11) is 0. The highest BCUT2D eigenvalue weighted by Crippen LogP contribution is 2.34. The maximum Gasteiger partial charge on any atom is 0.123 e. The molecule has 2 aromatic rings. The van der Waals surface area contributed by atoms with Gasteiger partial charge in [-0.15, -0.1) is 0 Å². The molecule has 0 aliphatic rings. The third kappa shape index (κ3) is 2.14. The van der Waals surface area contributed by atoms with E-state index >= 15 is 0 Å². The van der Waals surface area contributed by atoms with Crippen molar-refractivity contribution < 1.29 is 4.39 Å². The zero-order valence-electron chi connectivity index (χ0n) is 7.60. The molecule has 1 radical (unpaired) electrons. The Bertz CT molecular complexity index is 457. The van der Waals surface area contributed by atoms with Crippen LogP contribution in [0.4, 0.5) is 4.39 Å². The molecule has 0 amide bonds. The number of benzene rings is 2. The molecule has 0 N–H and O–H groups in total. The van der Waals surface area contributed by atoms with Gasteiger partial charge in [-0.1, -0.05) is 35.3 Å². The first-order chi connectivity index (χ1) is 7.18. The standard InChI is InChI=1S/C12H6Cl2F/c13-10-2-1-3-11(14)12(10)8-4-6-9(15)7-5-8/h2-7H. The van der Waals surface area contributed by atoms with Crippen LogP contribution in [-0.2, 0) is 0 Å². The molecule has 0 bridgehead atoms. The van der Waals surface area contributed by atoms with Crippen LogP contribution in [0.5, 0.6) is 0 Å². The lowest BCUT2D eigenvalue weighted by atomic mass is 10.1. The Kier molecular flexibility index (Phi) is 2.94. The van der Waals surface area contributed by atoms with Crippen molar-refractivity contribution in [2.24, 2.45) is 0 Å². The normalized spacial score (nSPS) is 10.3. The van der Waals surface area contributed by atoms with Gasteiger partial charge < -0.3 is 0 Å². The average molecular weight is 240 g/mol. The molecule has 3 heteroatoms. The fraction of sp³-hybridized carbons (Fsp3) is 0. The SMILES string of the molecule is Fc1ccc(-c2c(Cl)c[c]cc2Cl)cc1. The van der Waals surface area contributed by atoms with E-state index in [0.717, 1.165) is 5.56 Å². The Hall–Kier alpha value is -1.05. The summed E-state index contributed by atoms with van der Waals surface area (Å²) in [6.07, 6.45) is 0. The minimum atomic E-state index is -0.284. The fourth-order valence-corrected chi connectivity index (χ4v) is 1.93. The van der Waals surface area contributed by atoms with Crippen LogP contribution in [0.1, 0.15) is 0 Å². The first-order valence-electron chi connectivity index (χ1n) is 4.29. The highest BCUT2D eigenvalue weighted by Gasteiger charge is 2.07. The third-order valence-corrected chi connectivity index (χ3v) is 2.63. The number of hydrogen-bond acceptors (Lipinski definition) is 0. The van der Waals surface area contributed by atoms with E-state index in [4.69, 9.17) is 23.2 Å². The van der Waals surface area contributed by atoms with Gasteiger partial charge in [-0.2, -0.15) is 0 Å². The van der Waals surface area contributed by atoms with Crippen molar-refractivity contribution in [1.29, 1.82) is 0 Å².